The molecule has 2 aliphatic carbocycles. The van der Waals surface area contributed by atoms with Gasteiger partial charge in [-0.3, -0.25) is 15.3 Å². The Balaban J connectivity index is 2.16. The molecule has 1 saturated heterocycles. The third-order valence-corrected chi connectivity index (χ3v) is 5.40. The molecule has 1 saturated carbocycles. The molecule has 0 aromatic carbocycles. The SMILES string of the molecule is C=C1C(=O)O[C@H]2[C@H]1[C@@H](OC(C)=O)CC(=C)[C@]1(OO)C=C[C@@](C)(OO)[C@H]21. The molecule has 8 nitrogen and oxygen atoms in total. The fraction of sp³-hybridized carbons (Fsp3) is 0.529. The van der Waals surface area contributed by atoms with Gasteiger partial charge in [-0.25, -0.2) is 14.6 Å². The zero-order valence-electron chi connectivity index (χ0n) is 13.9. The Morgan fingerprint density at radius 2 is 2.00 bits per heavy atom. The third-order valence-electron chi connectivity index (χ3n) is 5.40. The van der Waals surface area contributed by atoms with Gasteiger partial charge in [0.15, 0.2) is 5.60 Å². The molecule has 6 atom stereocenters. The molecule has 0 aromatic heterocycles. The lowest BCUT2D eigenvalue weighted by Crippen LogP contribution is -2.53. The second-order valence-electron chi connectivity index (χ2n) is 6.85. The monoisotopic (exact) mass is 352 g/mol. The lowest BCUT2D eigenvalue weighted by molar-refractivity contribution is -0.359. The molecule has 2 N–H and O–H groups in total. The molecule has 2 fully saturated rings. The smallest absolute Gasteiger partial charge is 0.334 e. The first-order chi connectivity index (χ1) is 11.7. The lowest BCUT2D eigenvalue weighted by atomic mass is 9.73. The summed E-state index contributed by atoms with van der Waals surface area (Å²) in [5.74, 6) is -2.73. The molecule has 0 spiro atoms. The number of fused-ring (bicyclic) bond motifs is 3. The minimum absolute atomic E-state index is 0.110. The van der Waals surface area contributed by atoms with Crippen LogP contribution in [0.4, 0.5) is 0 Å². The van der Waals surface area contributed by atoms with E-state index >= 15 is 0 Å². The van der Waals surface area contributed by atoms with Crippen LogP contribution in [0.3, 0.4) is 0 Å². The van der Waals surface area contributed by atoms with E-state index in [0.29, 0.717) is 5.57 Å². The highest BCUT2D eigenvalue weighted by molar-refractivity contribution is 5.91. The van der Waals surface area contributed by atoms with E-state index in [4.69, 9.17) is 14.4 Å². The van der Waals surface area contributed by atoms with Gasteiger partial charge in [0.2, 0.25) is 0 Å². The normalized spacial score (nSPS) is 42.6. The maximum atomic E-state index is 12.1. The van der Waals surface area contributed by atoms with E-state index in [0.717, 1.165) is 0 Å². The first-order valence-electron chi connectivity index (χ1n) is 7.81. The van der Waals surface area contributed by atoms with Gasteiger partial charge >= 0.3 is 11.9 Å². The Morgan fingerprint density at radius 3 is 2.56 bits per heavy atom. The Kier molecular flexibility index (Phi) is 4.11. The van der Waals surface area contributed by atoms with Crippen molar-refractivity contribution in [3.63, 3.8) is 0 Å². The minimum atomic E-state index is -1.47. The van der Waals surface area contributed by atoms with Crippen molar-refractivity contribution in [3.05, 3.63) is 36.5 Å². The van der Waals surface area contributed by atoms with Crippen molar-refractivity contribution in [2.45, 2.75) is 43.7 Å². The molecule has 8 heteroatoms. The van der Waals surface area contributed by atoms with Gasteiger partial charge in [0.05, 0.1) is 11.8 Å². The number of hydrogen-bond donors (Lipinski definition) is 2. The molecule has 3 aliphatic rings. The number of carbonyl (C=O) groups excluding carboxylic acids is 2. The number of esters is 2. The van der Waals surface area contributed by atoms with Crippen LogP contribution in [0.5, 0.6) is 0 Å². The van der Waals surface area contributed by atoms with Crippen LogP contribution < -0.4 is 0 Å². The highest BCUT2D eigenvalue weighted by Gasteiger charge is 2.66. The van der Waals surface area contributed by atoms with Crippen molar-refractivity contribution in [1.82, 2.24) is 0 Å². The molecular formula is C17H20O8. The fourth-order valence-corrected chi connectivity index (χ4v) is 4.25. The van der Waals surface area contributed by atoms with Crippen LogP contribution in [0.25, 0.3) is 0 Å². The number of carbonyl (C=O) groups is 2. The van der Waals surface area contributed by atoms with E-state index < -0.39 is 47.2 Å². The van der Waals surface area contributed by atoms with Gasteiger partial charge in [0.25, 0.3) is 0 Å². The highest BCUT2D eigenvalue weighted by atomic mass is 17.1. The molecule has 1 aliphatic heterocycles. The van der Waals surface area contributed by atoms with E-state index in [9.17, 15) is 20.1 Å². The molecule has 25 heavy (non-hydrogen) atoms. The van der Waals surface area contributed by atoms with Gasteiger partial charge in [0, 0.05) is 18.9 Å². The summed E-state index contributed by atoms with van der Waals surface area (Å²) < 4.78 is 10.8. The molecule has 0 unspecified atom stereocenters. The van der Waals surface area contributed by atoms with Crippen LogP contribution in [0.1, 0.15) is 20.3 Å². The van der Waals surface area contributed by atoms with E-state index in [1.54, 1.807) is 6.92 Å². The Hall–Kier alpha value is -2.00. The first kappa shape index (κ1) is 17.8. The average molecular weight is 352 g/mol. The number of rotatable bonds is 3. The topological polar surface area (TPSA) is 112 Å². The van der Waals surface area contributed by atoms with Gasteiger partial charge in [-0.2, -0.15) is 0 Å². The quantitative estimate of drug-likeness (QED) is 0.259. The fourth-order valence-electron chi connectivity index (χ4n) is 4.25. The van der Waals surface area contributed by atoms with Crippen LogP contribution in [0.2, 0.25) is 0 Å². The van der Waals surface area contributed by atoms with Gasteiger partial charge < -0.3 is 9.47 Å². The lowest BCUT2D eigenvalue weighted by Gasteiger charge is -2.40. The molecule has 0 amide bonds. The van der Waals surface area contributed by atoms with Crippen LogP contribution in [0, 0.1) is 11.8 Å². The van der Waals surface area contributed by atoms with Crippen LogP contribution >= 0.6 is 0 Å². The average Bonchev–Trinajstić information content (AvgIpc) is 2.98. The van der Waals surface area contributed by atoms with E-state index in [2.05, 4.69) is 18.0 Å². The molecule has 136 valence electrons. The molecule has 0 radical (unpaired) electrons. The van der Waals surface area contributed by atoms with Crippen molar-refractivity contribution in [2.24, 2.45) is 11.8 Å². The maximum absolute atomic E-state index is 12.1. The summed E-state index contributed by atoms with van der Waals surface area (Å²) in [5.41, 5.74) is -2.27. The zero-order chi connectivity index (χ0) is 18.6. The van der Waals surface area contributed by atoms with E-state index in [1.165, 1.54) is 19.1 Å². The van der Waals surface area contributed by atoms with Crippen LogP contribution in [-0.4, -0.2) is 45.9 Å². The Bertz CT molecular complexity index is 682. The minimum Gasteiger partial charge on any atom is -0.461 e. The van der Waals surface area contributed by atoms with Gasteiger partial charge in [-0.05, 0) is 18.6 Å². The van der Waals surface area contributed by atoms with Crippen LogP contribution in [-0.2, 0) is 28.8 Å². The second-order valence-corrected chi connectivity index (χ2v) is 6.85. The van der Waals surface area contributed by atoms with Crippen molar-refractivity contribution >= 4 is 11.9 Å². The van der Waals surface area contributed by atoms with Crippen molar-refractivity contribution in [3.8, 4) is 0 Å². The molecule has 3 rings (SSSR count). The molecule has 1 heterocycles. The number of hydrogen-bond acceptors (Lipinski definition) is 8. The van der Waals surface area contributed by atoms with Crippen molar-refractivity contribution in [2.75, 3.05) is 0 Å². The summed E-state index contributed by atoms with van der Waals surface area (Å²) >= 11 is 0. The summed E-state index contributed by atoms with van der Waals surface area (Å²) in [6.45, 7) is 10.5. The summed E-state index contributed by atoms with van der Waals surface area (Å²) in [6.07, 6.45) is 1.43. The Labute approximate surface area is 144 Å². The third kappa shape index (κ3) is 2.36. The predicted molar refractivity (Wildman–Crippen MR) is 83.0 cm³/mol. The zero-order valence-corrected chi connectivity index (χ0v) is 13.9. The largest absolute Gasteiger partial charge is 0.461 e. The van der Waals surface area contributed by atoms with Crippen molar-refractivity contribution in [1.29, 1.82) is 0 Å². The number of ether oxygens (including phenoxy) is 2. The van der Waals surface area contributed by atoms with Gasteiger partial charge in [-0.15, -0.1) is 0 Å². The van der Waals surface area contributed by atoms with E-state index in [-0.39, 0.29) is 12.0 Å². The van der Waals surface area contributed by atoms with Gasteiger partial charge in [0.1, 0.15) is 17.8 Å². The van der Waals surface area contributed by atoms with Gasteiger partial charge in [-0.1, -0.05) is 19.2 Å². The van der Waals surface area contributed by atoms with Crippen LogP contribution in [0.15, 0.2) is 36.5 Å². The summed E-state index contributed by atoms with van der Waals surface area (Å²) in [4.78, 5) is 33.1. The standard InChI is InChI=1S/C17H20O8/c1-8-7-11(22-10(3)18)12-9(2)15(19)23-13(12)14-16(4,24-20)5-6-17(8,14)25-21/h5-6,11-14,20-21H,1-2,7H2,3-4H3/t11-,12+,13-,14-,16+,17+/m0/s1. The second kappa shape index (κ2) is 5.77. The Morgan fingerprint density at radius 1 is 1.32 bits per heavy atom. The summed E-state index contributed by atoms with van der Waals surface area (Å²) in [5, 5.41) is 19.1. The van der Waals surface area contributed by atoms with E-state index in [1.807, 2.05) is 0 Å². The summed E-state index contributed by atoms with van der Waals surface area (Å²) in [6, 6.07) is 0. The van der Waals surface area contributed by atoms with Crippen molar-refractivity contribution < 1.29 is 39.4 Å². The predicted octanol–water partition coefficient (Wildman–Crippen LogP) is 1.64. The molecule has 0 aromatic rings. The molecular weight excluding hydrogens is 332 g/mol. The maximum Gasteiger partial charge on any atom is 0.334 e. The summed E-state index contributed by atoms with van der Waals surface area (Å²) in [7, 11) is 0. The highest BCUT2D eigenvalue weighted by Crippen LogP contribution is 2.55. The first-order valence-corrected chi connectivity index (χ1v) is 7.81. The molecule has 0 bridgehead atoms.